The van der Waals surface area contributed by atoms with Gasteiger partial charge >= 0.3 is 6.18 Å². The molecule has 146 valence electrons. The van der Waals surface area contributed by atoms with Crippen molar-refractivity contribution in [2.75, 3.05) is 0 Å². The summed E-state index contributed by atoms with van der Waals surface area (Å²) in [6.07, 6.45) is -1.95. The SMILES string of the molecule is CC(C)(C)C(=O)NCc1nc(C2(c3ccc(C(F)(F)F)cc3)CCC2)no1. The molecule has 5 nitrogen and oxygen atoms in total. The van der Waals surface area contributed by atoms with Crippen molar-refractivity contribution >= 4 is 5.91 Å². The van der Waals surface area contributed by atoms with Crippen molar-refractivity contribution in [2.45, 2.75) is 58.2 Å². The Balaban J connectivity index is 1.78. The van der Waals surface area contributed by atoms with E-state index in [9.17, 15) is 18.0 Å². The van der Waals surface area contributed by atoms with Crippen LogP contribution >= 0.6 is 0 Å². The van der Waals surface area contributed by atoms with E-state index in [2.05, 4.69) is 15.5 Å². The van der Waals surface area contributed by atoms with Crippen LogP contribution in [0.4, 0.5) is 13.2 Å². The van der Waals surface area contributed by atoms with Gasteiger partial charge in [0, 0.05) is 5.41 Å². The number of amides is 1. The number of halogens is 3. The van der Waals surface area contributed by atoms with Crippen LogP contribution in [0.15, 0.2) is 28.8 Å². The number of aromatic nitrogens is 2. The van der Waals surface area contributed by atoms with Crippen molar-refractivity contribution < 1.29 is 22.5 Å². The molecular formula is C19H22F3N3O2. The second-order valence-corrected chi connectivity index (χ2v) is 7.96. The lowest BCUT2D eigenvalue weighted by Crippen LogP contribution is -2.37. The Morgan fingerprint density at radius 1 is 1.19 bits per heavy atom. The molecule has 1 aromatic carbocycles. The van der Waals surface area contributed by atoms with Gasteiger partial charge in [-0.05, 0) is 30.5 Å². The van der Waals surface area contributed by atoms with Crippen LogP contribution in [0.1, 0.15) is 62.9 Å². The van der Waals surface area contributed by atoms with Gasteiger partial charge in [-0.2, -0.15) is 18.2 Å². The first-order valence-electron chi connectivity index (χ1n) is 8.81. The second kappa shape index (κ2) is 6.65. The monoisotopic (exact) mass is 381 g/mol. The quantitative estimate of drug-likeness (QED) is 0.861. The molecule has 0 aliphatic heterocycles. The Hall–Kier alpha value is -2.38. The average molecular weight is 381 g/mol. The summed E-state index contributed by atoms with van der Waals surface area (Å²) in [7, 11) is 0. The molecule has 8 heteroatoms. The molecule has 0 bridgehead atoms. The van der Waals surface area contributed by atoms with Crippen LogP contribution in [-0.2, 0) is 22.9 Å². The minimum Gasteiger partial charge on any atom is -0.347 e. The molecule has 1 aromatic heterocycles. The Kier molecular flexibility index (Phi) is 4.78. The molecule has 0 radical (unpaired) electrons. The van der Waals surface area contributed by atoms with Crippen LogP contribution in [0.2, 0.25) is 0 Å². The minimum absolute atomic E-state index is 0.117. The fraction of sp³-hybridized carbons (Fsp3) is 0.526. The van der Waals surface area contributed by atoms with Crippen LogP contribution in [0.3, 0.4) is 0 Å². The number of hydrogen-bond acceptors (Lipinski definition) is 4. The maximum absolute atomic E-state index is 12.8. The van der Waals surface area contributed by atoms with Crippen molar-refractivity contribution in [2.24, 2.45) is 5.41 Å². The Labute approximate surface area is 155 Å². The van der Waals surface area contributed by atoms with E-state index in [-0.39, 0.29) is 18.3 Å². The van der Waals surface area contributed by atoms with Gasteiger partial charge in [-0.1, -0.05) is 44.5 Å². The fourth-order valence-electron chi connectivity index (χ4n) is 3.09. The predicted octanol–water partition coefficient (Wildman–Crippen LogP) is 4.22. The third kappa shape index (κ3) is 3.84. The van der Waals surface area contributed by atoms with E-state index in [1.54, 1.807) is 20.8 Å². The lowest BCUT2D eigenvalue weighted by Gasteiger charge is -2.39. The highest BCUT2D eigenvalue weighted by atomic mass is 19.4. The number of rotatable bonds is 4. The first-order valence-corrected chi connectivity index (χ1v) is 8.81. The third-order valence-corrected chi connectivity index (χ3v) is 4.95. The van der Waals surface area contributed by atoms with E-state index in [0.29, 0.717) is 5.82 Å². The lowest BCUT2D eigenvalue weighted by atomic mass is 9.64. The van der Waals surface area contributed by atoms with Crippen molar-refractivity contribution in [3.63, 3.8) is 0 Å². The highest BCUT2D eigenvalue weighted by molar-refractivity contribution is 5.81. The molecule has 0 spiro atoms. The van der Waals surface area contributed by atoms with E-state index in [1.165, 1.54) is 12.1 Å². The van der Waals surface area contributed by atoms with Gasteiger partial charge in [0.15, 0.2) is 5.82 Å². The molecule has 1 N–H and O–H groups in total. The molecule has 1 heterocycles. The maximum Gasteiger partial charge on any atom is 0.416 e. The molecule has 1 fully saturated rings. The predicted molar refractivity (Wildman–Crippen MR) is 91.7 cm³/mol. The van der Waals surface area contributed by atoms with E-state index in [0.717, 1.165) is 37.0 Å². The molecule has 0 unspecified atom stereocenters. The molecule has 27 heavy (non-hydrogen) atoms. The molecule has 1 aliphatic carbocycles. The molecule has 0 saturated heterocycles. The number of carbonyl (C=O) groups excluding carboxylic acids is 1. The summed E-state index contributed by atoms with van der Waals surface area (Å²) in [5.74, 6) is 0.595. The van der Waals surface area contributed by atoms with Crippen LogP contribution in [0, 0.1) is 5.41 Å². The molecule has 1 saturated carbocycles. The first-order chi connectivity index (χ1) is 12.5. The molecule has 1 amide bonds. The third-order valence-electron chi connectivity index (χ3n) is 4.95. The molecular weight excluding hydrogens is 359 g/mol. The van der Waals surface area contributed by atoms with Gasteiger partial charge < -0.3 is 9.84 Å². The highest BCUT2D eigenvalue weighted by Crippen LogP contribution is 2.48. The van der Waals surface area contributed by atoms with Gasteiger partial charge in [-0.15, -0.1) is 0 Å². The van der Waals surface area contributed by atoms with E-state index in [1.807, 2.05) is 0 Å². The largest absolute Gasteiger partial charge is 0.416 e. The molecule has 2 aromatic rings. The van der Waals surface area contributed by atoms with Gasteiger partial charge in [0.1, 0.15) is 0 Å². The number of nitrogens with one attached hydrogen (secondary N) is 1. The number of benzene rings is 1. The average Bonchev–Trinajstić information content (AvgIpc) is 2.99. The smallest absolute Gasteiger partial charge is 0.347 e. The second-order valence-electron chi connectivity index (χ2n) is 7.96. The van der Waals surface area contributed by atoms with Crippen LogP contribution in [0.25, 0.3) is 0 Å². The number of nitrogens with zero attached hydrogens (tertiary/aromatic N) is 2. The van der Waals surface area contributed by atoms with Crippen molar-refractivity contribution in [3.05, 3.63) is 47.1 Å². The Morgan fingerprint density at radius 3 is 2.30 bits per heavy atom. The number of hydrogen-bond donors (Lipinski definition) is 1. The van der Waals surface area contributed by atoms with E-state index < -0.39 is 22.6 Å². The van der Waals surface area contributed by atoms with Crippen LogP contribution < -0.4 is 5.32 Å². The van der Waals surface area contributed by atoms with Gasteiger partial charge in [0.2, 0.25) is 11.8 Å². The Morgan fingerprint density at radius 2 is 1.81 bits per heavy atom. The molecule has 3 rings (SSSR count). The summed E-state index contributed by atoms with van der Waals surface area (Å²) >= 11 is 0. The highest BCUT2D eigenvalue weighted by Gasteiger charge is 2.45. The number of alkyl halides is 3. The van der Waals surface area contributed by atoms with Gasteiger partial charge in [0.05, 0.1) is 17.5 Å². The minimum atomic E-state index is -4.37. The topological polar surface area (TPSA) is 68.0 Å². The van der Waals surface area contributed by atoms with Crippen molar-refractivity contribution in [3.8, 4) is 0 Å². The summed E-state index contributed by atoms with van der Waals surface area (Å²) in [6, 6.07) is 5.14. The van der Waals surface area contributed by atoms with E-state index in [4.69, 9.17) is 4.52 Å². The maximum atomic E-state index is 12.8. The summed E-state index contributed by atoms with van der Waals surface area (Å²) in [6.45, 7) is 5.52. The molecule has 0 atom stereocenters. The summed E-state index contributed by atoms with van der Waals surface area (Å²) < 4.78 is 43.6. The van der Waals surface area contributed by atoms with Crippen molar-refractivity contribution in [1.82, 2.24) is 15.5 Å². The zero-order chi connectivity index (χ0) is 19.9. The first kappa shape index (κ1) is 19.4. The van der Waals surface area contributed by atoms with Gasteiger partial charge in [-0.25, -0.2) is 0 Å². The zero-order valence-corrected chi connectivity index (χ0v) is 15.5. The number of carbonyl (C=O) groups is 1. The Bertz CT molecular complexity index is 816. The van der Waals surface area contributed by atoms with Gasteiger partial charge in [0.25, 0.3) is 0 Å². The summed E-state index contributed by atoms with van der Waals surface area (Å²) in [5.41, 5.74) is -0.995. The fourth-order valence-corrected chi connectivity index (χ4v) is 3.09. The van der Waals surface area contributed by atoms with Crippen LogP contribution in [0.5, 0.6) is 0 Å². The van der Waals surface area contributed by atoms with Crippen LogP contribution in [-0.4, -0.2) is 16.0 Å². The standard InChI is InChI=1S/C19H22F3N3O2/c1-17(2,3)16(26)23-11-14-24-15(25-27-14)18(9-4-10-18)12-5-7-13(8-6-12)19(20,21)22/h5-8H,4,9-11H2,1-3H3,(H,23,26). The summed E-state index contributed by atoms with van der Waals surface area (Å²) in [4.78, 5) is 16.3. The van der Waals surface area contributed by atoms with E-state index >= 15 is 0 Å². The summed E-state index contributed by atoms with van der Waals surface area (Å²) in [5, 5.41) is 6.78. The van der Waals surface area contributed by atoms with Crippen molar-refractivity contribution in [1.29, 1.82) is 0 Å². The normalized spacial score (nSPS) is 16.7. The molecule has 1 aliphatic rings. The van der Waals surface area contributed by atoms with Gasteiger partial charge in [-0.3, -0.25) is 4.79 Å². The lowest BCUT2D eigenvalue weighted by molar-refractivity contribution is -0.137. The zero-order valence-electron chi connectivity index (χ0n) is 15.5.